The minimum Gasteiger partial charge on any atom is -0.509 e. The monoisotopic (exact) mass is 482 g/mol. The Morgan fingerprint density at radius 2 is 1.94 bits per heavy atom. The van der Waals surface area contributed by atoms with Crippen molar-refractivity contribution < 1.29 is 33.8 Å². The summed E-state index contributed by atoms with van der Waals surface area (Å²) in [6, 6.07) is 7.34. The molecule has 1 saturated heterocycles. The number of β-lactam (4-membered cyclic amide) rings is 1. The highest BCUT2D eigenvalue weighted by atomic mass is 35.5. The van der Waals surface area contributed by atoms with Gasteiger partial charge < -0.3 is 19.9 Å². The van der Waals surface area contributed by atoms with Crippen molar-refractivity contribution in [3.63, 3.8) is 0 Å². The number of esters is 2. The number of benzene rings is 1. The fraction of sp³-hybridized carbons (Fsp3) is 0.429. The highest BCUT2D eigenvalue weighted by Crippen LogP contribution is 2.40. The lowest BCUT2D eigenvalue weighted by Gasteiger charge is -2.49. The van der Waals surface area contributed by atoms with Gasteiger partial charge in [0.25, 0.3) is 11.8 Å². The lowest BCUT2D eigenvalue weighted by atomic mass is 10.0. The molecule has 2 heterocycles. The van der Waals surface area contributed by atoms with Crippen LogP contribution in [0.2, 0.25) is 0 Å². The molecule has 0 radical (unpaired) electrons. The minimum atomic E-state index is -1.30. The molecule has 0 aromatic heterocycles. The number of aliphatic hydroxyl groups excluding tert-OH is 1. The Balaban J connectivity index is 1.76. The maximum absolute atomic E-state index is 12.9. The van der Waals surface area contributed by atoms with Crippen molar-refractivity contribution in [2.45, 2.75) is 43.9 Å². The number of nitrogens with one attached hydrogen (secondary N) is 1. The average Bonchev–Trinajstić information content (AvgIpc) is 2.74. The summed E-state index contributed by atoms with van der Waals surface area (Å²) in [7, 11) is 0. The van der Waals surface area contributed by atoms with Crippen molar-refractivity contribution in [3.8, 4) is 0 Å². The van der Waals surface area contributed by atoms with Crippen LogP contribution in [0.3, 0.4) is 0 Å². The summed E-state index contributed by atoms with van der Waals surface area (Å²) in [5.74, 6) is -3.53. The summed E-state index contributed by atoms with van der Waals surface area (Å²) in [5, 5.41) is 12.2. The maximum atomic E-state index is 12.9. The lowest BCUT2D eigenvalue weighted by molar-refractivity contribution is -0.161. The van der Waals surface area contributed by atoms with Crippen molar-refractivity contribution >= 4 is 47.1 Å². The van der Waals surface area contributed by atoms with Crippen LogP contribution in [0.4, 0.5) is 0 Å². The first-order valence-electron chi connectivity index (χ1n) is 9.74. The Morgan fingerprint density at radius 1 is 1.28 bits per heavy atom. The summed E-state index contributed by atoms with van der Waals surface area (Å²) in [6.07, 6.45) is -1.30. The van der Waals surface area contributed by atoms with Crippen LogP contribution >= 0.6 is 23.4 Å². The second kappa shape index (κ2) is 9.41. The van der Waals surface area contributed by atoms with Crippen LogP contribution in [-0.2, 0) is 28.7 Å². The van der Waals surface area contributed by atoms with E-state index in [4.69, 9.17) is 21.1 Å². The second-order valence-electron chi connectivity index (χ2n) is 8.11. The van der Waals surface area contributed by atoms with E-state index < -0.39 is 52.8 Å². The smallest absolute Gasteiger partial charge is 0.359 e. The molecule has 2 aliphatic rings. The van der Waals surface area contributed by atoms with Crippen LogP contribution in [0.15, 0.2) is 41.8 Å². The van der Waals surface area contributed by atoms with Gasteiger partial charge in [-0.3, -0.25) is 19.3 Å². The third-order valence-corrected chi connectivity index (χ3v) is 6.02. The molecule has 0 spiro atoms. The normalized spacial score (nSPS) is 21.2. The van der Waals surface area contributed by atoms with Crippen molar-refractivity contribution in [2.24, 2.45) is 0 Å². The molecule has 1 aromatic carbocycles. The van der Waals surface area contributed by atoms with Crippen molar-refractivity contribution in [3.05, 3.63) is 47.4 Å². The van der Waals surface area contributed by atoms with Crippen molar-refractivity contribution in [1.29, 1.82) is 0 Å². The number of carbonyl (C=O) groups is 4. The minimum absolute atomic E-state index is 0.0682. The van der Waals surface area contributed by atoms with E-state index in [0.29, 0.717) is 5.56 Å². The Morgan fingerprint density at radius 3 is 2.53 bits per heavy atom. The molecule has 1 fully saturated rings. The first kappa shape index (κ1) is 23.9. The zero-order valence-electron chi connectivity index (χ0n) is 17.7. The van der Waals surface area contributed by atoms with Crippen LogP contribution < -0.4 is 5.32 Å². The summed E-state index contributed by atoms with van der Waals surface area (Å²) in [5.41, 5.74) is -0.635. The number of aliphatic hydroxyl groups is 1. The van der Waals surface area contributed by atoms with E-state index in [-0.39, 0.29) is 17.2 Å². The van der Waals surface area contributed by atoms with Crippen LogP contribution in [0, 0.1) is 0 Å². The number of nitrogens with zero attached hydrogens (tertiary/aromatic N) is 1. The van der Waals surface area contributed by atoms with Gasteiger partial charge in [0.05, 0.1) is 5.75 Å². The molecular formula is C21H23ClN2O7S. The van der Waals surface area contributed by atoms with Gasteiger partial charge >= 0.3 is 11.9 Å². The largest absolute Gasteiger partial charge is 0.509 e. The number of thioether (sulfide) groups is 1. The number of carbonyl (C=O) groups excluding carboxylic acids is 4. The molecule has 3 rings (SSSR count). The van der Waals surface area contributed by atoms with Crippen LogP contribution in [0.1, 0.15) is 32.4 Å². The zero-order chi connectivity index (χ0) is 23.6. The van der Waals surface area contributed by atoms with Crippen LogP contribution in [0.25, 0.3) is 0 Å². The number of hydrogen-bond acceptors (Lipinski definition) is 8. The van der Waals surface area contributed by atoms with Gasteiger partial charge in [0.1, 0.15) is 28.7 Å². The Hall–Kier alpha value is -2.72. The molecule has 11 heteroatoms. The van der Waals surface area contributed by atoms with Crippen LogP contribution in [-0.4, -0.2) is 62.4 Å². The molecule has 2 N–H and O–H groups in total. The number of hydrogen-bond donors (Lipinski definition) is 2. The van der Waals surface area contributed by atoms with Gasteiger partial charge in [-0.05, 0) is 20.8 Å². The number of rotatable bonds is 6. The number of halogens is 1. The predicted molar refractivity (Wildman–Crippen MR) is 117 cm³/mol. The van der Waals surface area contributed by atoms with E-state index >= 15 is 0 Å². The Kier molecular flexibility index (Phi) is 7.04. The summed E-state index contributed by atoms with van der Waals surface area (Å²) in [4.78, 5) is 51.1. The highest BCUT2D eigenvalue weighted by Gasteiger charge is 2.55. The molecule has 0 saturated carbocycles. The topological polar surface area (TPSA) is 122 Å². The number of alkyl halides is 1. The first-order chi connectivity index (χ1) is 15.0. The summed E-state index contributed by atoms with van der Waals surface area (Å²) in [6.45, 7) is 5.01. The van der Waals surface area contributed by atoms with Crippen molar-refractivity contribution in [2.75, 3.05) is 11.6 Å². The van der Waals surface area contributed by atoms with Gasteiger partial charge in [0.15, 0.2) is 5.70 Å². The third-order valence-electron chi connectivity index (χ3n) is 4.54. The predicted octanol–water partition coefficient (Wildman–Crippen LogP) is 2.02. The molecular weight excluding hydrogens is 460 g/mol. The Bertz CT molecular complexity index is 961. The molecule has 1 aromatic rings. The maximum Gasteiger partial charge on any atom is 0.359 e. The van der Waals surface area contributed by atoms with E-state index in [0.717, 1.165) is 4.90 Å². The number of amides is 2. The average molecular weight is 483 g/mol. The molecule has 0 bridgehead atoms. The second-order valence-corrected chi connectivity index (χ2v) is 9.48. The fourth-order valence-corrected chi connectivity index (χ4v) is 4.48. The van der Waals surface area contributed by atoms with Crippen LogP contribution in [0.5, 0.6) is 0 Å². The molecule has 3 atom stereocenters. The molecule has 172 valence electrons. The van der Waals surface area contributed by atoms with Crippen molar-refractivity contribution in [1.82, 2.24) is 10.2 Å². The van der Waals surface area contributed by atoms with Gasteiger partial charge in [0, 0.05) is 5.56 Å². The third kappa shape index (κ3) is 5.02. The fourth-order valence-electron chi connectivity index (χ4n) is 3.21. The summed E-state index contributed by atoms with van der Waals surface area (Å²) >= 11 is 6.69. The first-order valence-corrected chi connectivity index (χ1v) is 11.3. The molecule has 2 unspecified atom stereocenters. The number of fused-ring (bicyclic) bond motifs is 1. The van der Waals surface area contributed by atoms with E-state index in [1.54, 1.807) is 51.1 Å². The zero-order valence-corrected chi connectivity index (χ0v) is 19.2. The lowest BCUT2D eigenvalue weighted by Crippen LogP contribution is -2.71. The SMILES string of the molecule is CC(C)(C)OC(=O)C1=C(O)CS[C@@H]2C(NC(=O)C(OC(=O)CCl)c3ccccc3)C(=O)N12. The molecule has 9 nitrogen and oxygen atoms in total. The quantitative estimate of drug-likeness (QED) is 0.359. The van der Waals surface area contributed by atoms with Gasteiger partial charge in [-0.1, -0.05) is 30.3 Å². The molecule has 32 heavy (non-hydrogen) atoms. The molecule has 0 aliphatic carbocycles. The van der Waals surface area contributed by atoms with E-state index in [1.807, 2.05) is 0 Å². The van der Waals surface area contributed by atoms with E-state index in [2.05, 4.69) is 5.32 Å². The summed E-state index contributed by atoms with van der Waals surface area (Å²) < 4.78 is 10.5. The van der Waals surface area contributed by atoms with E-state index in [1.165, 1.54) is 11.8 Å². The standard InChI is InChI=1S/C21H23ClN2O7S/c1-21(2,3)31-20(29)15-12(25)10-32-19-14(18(28)24(15)19)23-17(27)16(30-13(26)9-22)11-7-5-4-6-8-11/h4-8,14,16,19,25H,9-10H2,1-3H3,(H,23,27)/t14?,16?,19-/m1/s1. The van der Waals surface area contributed by atoms with Gasteiger partial charge in [0.2, 0.25) is 6.10 Å². The Labute approximate surface area is 194 Å². The van der Waals surface area contributed by atoms with Gasteiger partial charge in [-0.15, -0.1) is 23.4 Å². The van der Waals surface area contributed by atoms with Gasteiger partial charge in [-0.25, -0.2) is 4.79 Å². The highest BCUT2D eigenvalue weighted by molar-refractivity contribution is 8.00. The van der Waals surface area contributed by atoms with Gasteiger partial charge in [-0.2, -0.15) is 0 Å². The molecule has 2 amide bonds. The number of ether oxygens (including phenoxy) is 2. The van der Waals surface area contributed by atoms with E-state index in [9.17, 15) is 24.3 Å². The molecule has 2 aliphatic heterocycles.